The van der Waals surface area contributed by atoms with Gasteiger partial charge in [0.1, 0.15) is 11.9 Å². The fourth-order valence-electron chi connectivity index (χ4n) is 4.20. The number of rotatable bonds is 4. The molecule has 0 amide bonds. The molecule has 0 bridgehead atoms. The number of piperidine rings is 1. The van der Waals surface area contributed by atoms with E-state index in [2.05, 4.69) is 42.2 Å². The molecule has 129 valence electrons. The van der Waals surface area contributed by atoms with Crippen molar-refractivity contribution in [2.24, 2.45) is 5.92 Å². The molecule has 2 aliphatic carbocycles. The zero-order chi connectivity index (χ0) is 16.4. The molecule has 1 radical (unpaired) electrons. The molecule has 1 aromatic rings. The molecular weight excluding hydrogens is 294 g/mol. The summed E-state index contributed by atoms with van der Waals surface area (Å²) >= 11 is 0. The van der Waals surface area contributed by atoms with E-state index in [1.54, 1.807) is 0 Å². The number of allylic oxidation sites excluding steroid dienone is 2. The van der Waals surface area contributed by atoms with E-state index in [1.807, 2.05) is 0 Å². The Bertz CT molecular complexity index is 564. The summed E-state index contributed by atoms with van der Waals surface area (Å²) < 4.78 is 6.24. The van der Waals surface area contributed by atoms with Gasteiger partial charge < -0.3 is 9.64 Å². The van der Waals surface area contributed by atoms with Crippen molar-refractivity contribution >= 4 is 5.57 Å². The fourth-order valence-corrected chi connectivity index (χ4v) is 4.20. The number of benzene rings is 1. The van der Waals surface area contributed by atoms with Crippen LogP contribution in [0.1, 0.15) is 56.9 Å². The second-order valence-electron chi connectivity index (χ2n) is 7.83. The van der Waals surface area contributed by atoms with Crippen molar-refractivity contribution in [3.8, 4) is 5.75 Å². The van der Waals surface area contributed by atoms with Gasteiger partial charge in [-0.25, -0.2) is 0 Å². The Kier molecular flexibility index (Phi) is 4.93. The summed E-state index contributed by atoms with van der Waals surface area (Å²) in [6.07, 6.45) is 12.9. The van der Waals surface area contributed by atoms with Crippen molar-refractivity contribution < 1.29 is 4.74 Å². The zero-order valence-electron chi connectivity index (χ0n) is 14.8. The van der Waals surface area contributed by atoms with Crippen LogP contribution in [0.5, 0.6) is 5.75 Å². The Morgan fingerprint density at radius 2 is 1.71 bits per heavy atom. The van der Waals surface area contributed by atoms with Gasteiger partial charge in [0.05, 0.1) is 0 Å². The number of hydrogen-bond donors (Lipinski definition) is 0. The maximum absolute atomic E-state index is 6.24. The molecule has 2 fully saturated rings. The van der Waals surface area contributed by atoms with Crippen molar-refractivity contribution in [1.82, 2.24) is 4.90 Å². The molecule has 1 aliphatic heterocycles. The Balaban J connectivity index is 1.29. The highest BCUT2D eigenvalue weighted by Crippen LogP contribution is 2.31. The highest BCUT2D eigenvalue weighted by atomic mass is 16.5. The van der Waals surface area contributed by atoms with Crippen LogP contribution in [0.15, 0.2) is 30.3 Å². The molecule has 1 atom stereocenters. The molecule has 1 saturated heterocycles. The molecule has 1 unspecified atom stereocenters. The number of nitrogens with zero attached hydrogens (tertiary/aromatic N) is 1. The van der Waals surface area contributed by atoms with Crippen molar-refractivity contribution in [2.75, 3.05) is 13.1 Å². The van der Waals surface area contributed by atoms with Crippen LogP contribution in [0.4, 0.5) is 0 Å². The predicted molar refractivity (Wildman–Crippen MR) is 100.0 cm³/mol. The topological polar surface area (TPSA) is 12.5 Å². The summed E-state index contributed by atoms with van der Waals surface area (Å²) in [6.45, 7) is 6.59. The van der Waals surface area contributed by atoms with Gasteiger partial charge >= 0.3 is 0 Å². The molecule has 1 saturated carbocycles. The highest BCUT2D eigenvalue weighted by Gasteiger charge is 2.29. The van der Waals surface area contributed by atoms with E-state index in [0.717, 1.165) is 24.6 Å². The minimum absolute atomic E-state index is 0.396. The second-order valence-corrected chi connectivity index (χ2v) is 7.83. The monoisotopic (exact) mass is 324 g/mol. The molecule has 4 rings (SSSR count). The smallest absolute Gasteiger partial charge is 0.119 e. The van der Waals surface area contributed by atoms with Gasteiger partial charge in [-0.2, -0.15) is 0 Å². The van der Waals surface area contributed by atoms with Gasteiger partial charge in [-0.15, -0.1) is 0 Å². The normalized spacial score (nSPS) is 26.7. The van der Waals surface area contributed by atoms with E-state index in [0.29, 0.717) is 12.0 Å². The maximum atomic E-state index is 6.24. The van der Waals surface area contributed by atoms with Crippen molar-refractivity contribution in [1.29, 1.82) is 0 Å². The number of likely N-dealkylation sites (tertiary alicyclic amines) is 1. The minimum atomic E-state index is 0.396. The lowest BCUT2D eigenvalue weighted by atomic mass is 9.88. The third-order valence-electron chi connectivity index (χ3n) is 6.12. The Morgan fingerprint density at radius 1 is 0.958 bits per heavy atom. The molecule has 2 nitrogen and oxygen atoms in total. The van der Waals surface area contributed by atoms with E-state index < -0.39 is 0 Å². The fraction of sp³-hybridized carbons (Fsp3) is 0.591. The van der Waals surface area contributed by atoms with Gasteiger partial charge in [-0.05, 0) is 81.1 Å². The van der Waals surface area contributed by atoms with Gasteiger partial charge in [0.15, 0.2) is 0 Å². The molecule has 0 N–H and O–H groups in total. The summed E-state index contributed by atoms with van der Waals surface area (Å²) in [4.78, 5) is 2.68. The summed E-state index contributed by atoms with van der Waals surface area (Å²) in [5.41, 5.74) is 2.84. The van der Waals surface area contributed by atoms with Crippen LogP contribution in [0.3, 0.4) is 0 Å². The molecule has 1 heterocycles. The summed E-state index contributed by atoms with van der Waals surface area (Å²) in [6, 6.07) is 9.66. The van der Waals surface area contributed by atoms with E-state index in [-0.39, 0.29) is 0 Å². The third kappa shape index (κ3) is 3.69. The van der Waals surface area contributed by atoms with E-state index >= 15 is 0 Å². The largest absolute Gasteiger partial charge is 0.490 e. The van der Waals surface area contributed by atoms with Crippen molar-refractivity contribution in [2.45, 2.75) is 63.5 Å². The van der Waals surface area contributed by atoms with Crippen LogP contribution >= 0.6 is 0 Å². The second kappa shape index (κ2) is 7.31. The lowest BCUT2D eigenvalue weighted by Gasteiger charge is -2.41. The van der Waals surface area contributed by atoms with E-state index in [9.17, 15) is 0 Å². The van der Waals surface area contributed by atoms with Crippen molar-refractivity contribution in [3.63, 3.8) is 0 Å². The Labute approximate surface area is 146 Å². The first-order valence-electron chi connectivity index (χ1n) is 9.81. The Hall–Kier alpha value is -1.28. The van der Waals surface area contributed by atoms with Crippen LogP contribution in [-0.4, -0.2) is 30.1 Å². The third-order valence-corrected chi connectivity index (χ3v) is 6.12. The predicted octanol–water partition coefficient (Wildman–Crippen LogP) is 5.10. The molecule has 1 aromatic carbocycles. The van der Waals surface area contributed by atoms with Crippen molar-refractivity contribution in [3.05, 3.63) is 42.8 Å². The molecule has 2 heteroatoms. The lowest BCUT2D eigenvalue weighted by molar-refractivity contribution is 0.0493. The lowest BCUT2D eigenvalue weighted by Crippen LogP contribution is -2.46. The SMILES string of the molecule is [CH2]C1CC=C(c2ccc(OC3CCN(C4CCC4)CC3)cc2)CC1. The first-order chi connectivity index (χ1) is 11.8. The van der Waals surface area contributed by atoms with Gasteiger partial charge in [0.25, 0.3) is 0 Å². The summed E-state index contributed by atoms with van der Waals surface area (Å²) in [5, 5.41) is 0. The van der Waals surface area contributed by atoms with Crippen LogP contribution < -0.4 is 4.74 Å². The summed E-state index contributed by atoms with van der Waals surface area (Å²) in [7, 11) is 0. The molecule has 0 spiro atoms. The van der Waals surface area contributed by atoms with Crippen LogP contribution in [0.2, 0.25) is 0 Å². The number of hydrogen-bond acceptors (Lipinski definition) is 2. The first kappa shape index (κ1) is 16.2. The molecule has 3 aliphatic rings. The molecule has 0 aromatic heterocycles. The standard InChI is InChI=1S/C22H30NO/c1-17-5-7-18(8-6-17)19-9-11-21(12-10-19)24-22-13-15-23(16-14-22)20-3-2-4-20/h7,9-12,17,20,22H,1-6,8,13-16H2. The average molecular weight is 324 g/mol. The highest BCUT2D eigenvalue weighted by molar-refractivity contribution is 5.66. The van der Waals surface area contributed by atoms with Gasteiger partial charge in [0.2, 0.25) is 0 Å². The van der Waals surface area contributed by atoms with Gasteiger partial charge in [0, 0.05) is 19.1 Å². The van der Waals surface area contributed by atoms with Crippen LogP contribution in [0.25, 0.3) is 5.57 Å². The first-order valence-corrected chi connectivity index (χ1v) is 9.81. The van der Waals surface area contributed by atoms with Gasteiger partial charge in [-0.1, -0.05) is 24.6 Å². The Morgan fingerprint density at radius 3 is 2.29 bits per heavy atom. The summed E-state index contributed by atoms with van der Waals surface area (Å²) in [5.74, 6) is 1.63. The number of ether oxygens (including phenoxy) is 1. The quantitative estimate of drug-likeness (QED) is 0.764. The van der Waals surface area contributed by atoms with Crippen LogP contribution in [-0.2, 0) is 0 Å². The van der Waals surface area contributed by atoms with E-state index in [4.69, 9.17) is 4.74 Å². The maximum Gasteiger partial charge on any atom is 0.119 e. The average Bonchev–Trinajstić information content (AvgIpc) is 2.57. The molecule has 24 heavy (non-hydrogen) atoms. The molecular formula is C22H30NO. The minimum Gasteiger partial charge on any atom is -0.490 e. The van der Waals surface area contributed by atoms with Crippen LogP contribution in [0, 0.1) is 12.8 Å². The zero-order valence-corrected chi connectivity index (χ0v) is 14.8. The van der Waals surface area contributed by atoms with Gasteiger partial charge in [-0.3, -0.25) is 0 Å². The van der Waals surface area contributed by atoms with E-state index in [1.165, 1.54) is 62.8 Å².